The van der Waals surface area contributed by atoms with Gasteiger partial charge >= 0.3 is 0 Å². The molecule has 6 nitrogen and oxygen atoms in total. The predicted molar refractivity (Wildman–Crippen MR) is 45.3 cm³/mol. The SMILES string of the molecule is CSc1nc(N)nc(NC#N)n1. The van der Waals surface area contributed by atoms with Gasteiger partial charge in [-0.2, -0.15) is 20.2 Å². The Morgan fingerprint density at radius 1 is 1.50 bits per heavy atom. The Hall–Kier alpha value is -1.55. The Balaban J connectivity index is 2.99. The van der Waals surface area contributed by atoms with Gasteiger partial charge in [-0.25, -0.2) is 0 Å². The fraction of sp³-hybridized carbons (Fsp3) is 0.200. The van der Waals surface area contributed by atoms with Gasteiger partial charge in [0.05, 0.1) is 0 Å². The average Bonchev–Trinajstić information content (AvgIpc) is 2.04. The monoisotopic (exact) mass is 182 g/mol. The highest BCUT2D eigenvalue weighted by Gasteiger charge is 2.01. The second kappa shape index (κ2) is 3.73. The molecule has 0 bridgehead atoms. The first kappa shape index (κ1) is 8.55. The number of rotatable bonds is 2. The maximum absolute atomic E-state index is 8.27. The van der Waals surface area contributed by atoms with Crippen molar-refractivity contribution in [1.29, 1.82) is 5.26 Å². The smallest absolute Gasteiger partial charge is 0.241 e. The van der Waals surface area contributed by atoms with Gasteiger partial charge in [-0.05, 0) is 6.26 Å². The molecule has 1 heterocycles. The highest BCUT2D eigenvalue weighted by molar-refractivity contribution is 7.98. The molecule has 0 aliphatic rings. The van der Waals surface area contributed by atoms with Crippen molar-refractivity contribution in [2.24, 2.45) is 0 Å². The van der Waals surface area contributed by atoms with Crippen molar-refractivity contribution in [1.82, 2.24) is 15.0 Å². The molecule has 12 heavy (non-hydrogen) atoms. The molecular weight excluding hydrogens is 176 g/mol. The number of nitrogens with one attached hydrogen (secondary N) is 1. The van der Waals surface area contributed by atoms with Crippen LogP contribution in [0.2, 0.25) is 0 Å². The number of hydrogen-bond acceptors (Lipinski definition) is 7. The maximum atomic E-state index is 8.27. The van der Waals surface area contributed by atoms with Crippen LogP contribution >= 0.6 is 11.8 Å². The molecule has 0 aliphatic carbocycles. The second-order valence-corrected chi connectivity index (χ2v) is 2.51. The summed E-state index contributed by atoms with van der Waals surface area (Å²) in [7, 11) is 0. The summed E-state index contributed by atoms with van der Waals surface area (Å²) in [6.07, 6.45) is 3.51. The lowest BCUT2D eigenvalue weighted by Gasteiger charge is -1.98. The number of nitriles is 1. The first-order valence-corrected chi connectivity index (χ1v) is 4.19. The molecule has 0 amide bonds. The molecule has 0 fully saturated rings. The van der Waals surface area contributed by atoms with E-state index in [0.717, 1.165) is 0 Å². The van der Waals surface area contributed by atoms with Crippen molar-refractivity contribution >= 4 is 23.7 Å². The minimum atomic E-state index is 0.104. The normalized spacial score (nSPS) is 9.00. The van der Waals surface area contributed by atoms with Gasteiger partial charge in [0.15, 0.2) is 11.3 Å². The van der Waals surface area contributed by atoms with Crippen LogP contribution in [-0.2, 0) is 0 Å². The summed E-state index contributed by atoms with van der Waals surface area (Å²) in [6.45, 7) is 0. The number of thioether (sulfide) groups is 1. The van der Waals surface area contributed by atoms with Gasteiger partial charge in [0.1, 0.15) is 0 Å². The molecule has 0 saturated heterocycles. The molecule has 0 atom stereocenters. The summed E-state index contributed by atoms with van der Waals surface area (Å²) in [5.74, 6) is 0.279. The number of aromatic nitrogens is 3. The lowest BCUT2D eigenvalue weighted by Crippen LogP contribution is -2.03. The van der Waals surface area contributed by atoms with Gasteiger partial charge in [-0.15, -0.1) is 0 Å². The number of nitrogens with two attached hydrogens (primary N) is 1. The quantitative estimate of drug-likeness (QED) is 0.379. The van der Waals surface area contributed by atoms with Crippen LogP contribution in [0, 0.1) is 11.5 Å². The van der Waals surface area contributed by atoms with E-state index in [1.165, 1.54) is 11.8 Å². The van der Waals surface area contributed by atoms with Crippen molar-refractivity contribution in [3.8, 4) is 6.19 Å². The van der Waals surface area contributed by atoms with E-state index in [9.17, 15) is 0 Å². The lowest BCUT2D eigenvalue weighted by molar-refractivity contribution is 0.927. The minimum absolute atomic E-state index is 0.104. The molecule has 62 valence electrons. The van der Waals surface area contributed by atoms with E-state index in [1.807, 2.05) is 6.26 Å². The Morgan fingerprint density at radius 2 is 2.25 bits per heavy atom. The second-order valence-electron chi connectivity index (χ2n) is 1.74. The Kier molecular flexibility index (Phi) is 2.66. The zero-order valence-electron chi connectivity index (χ0n) is 6.27. The largest absolute Gasteiger partial charge is 0.368 e. The Morgan fingerprint density at radius 3 is 2.83 bits per heavy atom. The summed E-state index contributed by atoms with van der Waals surface area (Å²) in [5.41, 5.74) is 5.34. The average molecular weight is 182 g/mol. The maximum Gasteiger partial charge on any atom is 0.241 e. The van der Waals surface area contributed by atoms with Crippen molar-refractivity contribution < 1.29 is 0 Å². The molecule has 0 saturated carbocycles. The number of nitrogens with zero attached hydrogens (tertiary/aromatic N) is 4. The number of nitrogen functional groups attached to an aromatic ring is 1. The summed E-state index contributed by atoms with van der Waals surface area (Å²) >= 11 is 1.33. The van der Waals surface area contributed by atoms with Gasteiger partial charge in [-0.3, -0.25) is 5.32 Å². The molecule has 0 aliphatic heterocycles. The van der Waals surface area contributed by atoms with Crippen LogP contribution in [0.5, 0.6) is 0 Å². The third-order valence-electron chi connectivity index (χ3n) is 0.982. The molecule has 0 unspecified atom stereocenters. The van der Waals surface area contributed by atoms with Gasteiger partial charge in [0.2, 0.25) is 11.9 Å². The van der Waals surface area contributed by atoms with E-state index >= 15 is 0 Å². The fourth-order valence-electron chi connectivity index (χ4n) is 0.569. The molecule has 0 spiro atoms. The fourth-order valence-corrected chi connectivity index (χ4v) is 0.932. The van der Waals surface area contributed by atoms with Crippen molar-refractivity contribution in [3.05, 3.63) is 0 Å². The van der Waals surface area contributed by atoms with E-state index in [1.54, 1.807) is 6.19 Å². The third kappa shape index (κ3) is 1.96. The minimum Gasteiger partial charge on any atom is -0.368 e. The molecule has 1 rings (SSSR count). The lowest BCUT2D eigenvalue weighted by atomic mass is 10.9. The Labute approximate surface area is 73.2 Å². The highest BCUT2D eigenvalue weighted by Crippen LogP contribution is 2.10. The van der Waals surface area contributed by atoms with Crippen molar-refractivity contribution in [2.45, 2.75) is 5.16 Å². The molecule has 0 radical (unpaired) electrons. The van der Waals surface area contributed by atoms with Crippen LogP contribution in [0.1, 0.15) is 0 Å². The summed E-state index contributed by atoms with van der Waals surface area (Å²) in [5, 5.41) is 11.0. The third-order valence-corrected chi connectivity index (χ3v) is 1.53. The standard InChI is InChI=1S/C5H6N6S/c1-12-5-10-3(7)9-4(11-5)8-2-6/h1H3,(H3,7,8,9,10,11). The topological polar surface area (TPSA) is 101 Å². The van der Waals surface area contributed by atoms with Gasteiger partial charge in [0, 0.05) is 0 Å². The van der Waals surface area contributed by atoms with E-state index < -0.39 is 0 Å². The van der Waals surface area contributed by atoms with Crippen LogP contribution < -0.4 is 11.1 Å². The first-order valence-electron chi connectivity index (χ1n) is 2.97. The van der Waals surface area contributed by atoms with Crippen LogP contribution in [0.4, 0.5) is 11.9 Å². The van der Waals surface area contributed by atoms with E-state index in [0.29, 0.717) is 5.16 Å². The van der Waals surface area contributed by atoms with Crippen LogP contribution in [0.3, 0.4) is 0 Å². The van der Waals surface area contributed by atoms with E-state index in [-0.39, 0.29) is 11.9 Å². The van der Waals surface area contributed by atoms with Crippen molar-refractivity contribution in [3.63, 3.8) is 0 Å². The summed E-state index contributed by atoms with van der Waals surface area (Å²) in [6, 6.07) is 0. The first-order chi connectivity index (χ1) is 5.76. The zero-order valence-corrected chi connectivity index (χ0v) is 7.09. The number of hydrogen-bond donors (Lipinski definition) is 2. The van der Waals surface area contributed by atoms with Gasteiger partial charge in [0.25, 0.3) is 0 Å². The van der Waals surface area contributed by atoms with E-state index in [2.05, 4.69) is 20.3 Å². The molecule has 7 heteroatoms. The van der Waals surface area contributed by atoms with Crippen molar-refractivity contribution in [2.75, 3.05) is 17.3 Å². The number of anilines is 2. The van der Waals surface area contributed by atoms with E-state index in [4.69, 9.17) is 11.0 Å². The van der Waals surface area contributed by atoms with Gasteiger partial charge < -0.3 is 5.73 Å². The summed E-state index contributed by atoms with van der Waals surface area (Å²) < 4.78 is 0. The highest BCUT2D eigenvalue weighted by atomic mass is 32.2. The van der Waals surface area contributed by atoms with Crippen LogP contribution in [0.25, 0.3) is 0 Å². The molecule has 1 aromatic rings. The summed E-state index contributed by atoms with van der Waals surface area (Å²) in [4.78, 5) is 11.4. The predicted octanol–water partition coefficient (Wildman–Crippen LogP) is 0.0687. The molecular formula is C5H6N6S. The van der Waals surface area contributed by atoms with Crippen LogP contribution in [0.15, 0.2) is 5.16 Å². The molecule has 1 aromatic heterocycles. The Bertz CT molecular complexity index is 318. The molecule has 0 aromatic carbocycles. The zero-order chi connectivity index (χ0) is 8.97. The van der Waals surface area contributed by atoms with Gasteiger partial charge in [-0.1, -0.05) is 11.8 Å². The van der Waals surface area contributed by atoms with Crippen LogP contribution in [-0.4, -0.2) is 21.2 Å². The molecule has 3 N–H and O–H groups in total.